The monoisotopic (exact) mass is 381 g/mol. The molecule has 2 aromatic carbocycles. The molecule has 28 heavy (non-hydrogen) atoms. The number of anilines is 1. The van der Waals surface area contributed by atoms with Gasteiger partial charge >= 0.3 is 5.97 Å². The molecule has 0 saturated carbocycles. The summed E-state index contributed by atoms with van der Waals surface area (Å²) in [7, 11) is 0. The number of amides is 1. The first-order valence-corrected chi connectivity index (χ1v) is 8.71. The number of esters is 1. The van der Waals surface area contributed by atoms with Crippen LogP contribution in [0.25, 0.3) is 11.5 Å². The summed E-state index contributed by atoms with van der Waals surface area (Å²) in [5, 5.41) is 7.78. The van der Waals surface area contributed by atoms with Gasteiger partial charge in [-0.15, -0.1) is 10.2 Å². The van der Waals surface area contributed by atoms with Gasteiger partial charge in [0.2, 0.25) is 11.8 Å². The van der Waals surface area contributed by atoms with Gasteiger partial charge in [-0.1, -0.05) is 30.3 Å². The van der Waals surface area contributed by atoms with Crippen molar-refractivity contribution in [2.75, 3.05) is 11.4 Å². The standard InChI is InChI=1S/C20H16FN3O4/c21-15-8-4-5-9-16(15)24-11-14(10-18(24)25)20(26)27-12-17-22-23-19(28-17)13-6-2-1-3-7-13/h1-9,14H,10-12H2/t14-/m0/s1. The Hall–Kier alpha value is -3.55. The van der Waals surface area contributed by atoms with Crippen molar-refractivity contribution < 1.29 is 23.1 Å². The molecule has 1 aliphatic rings. The van der Waals surface area contributed by atoms with Gasteiger partial charge in [-0.2, -0.15) is 0 Å². The molecule has 0 aliphatic carbocycles. The highest BCUT2D eigenvalue weighted by Crippen LogP contribution is 2.28. The number of benzene rings is 2. The van der Waals surface area contributed by atoms with E-state index in [1.807, 2.05) is 30.3 Å². The maximum atomic E-state index is 13.9. The third kappa shape index (κ3) is 3.62. The first-order valence-electron chi connectivity index (χ1n) is 8.71. The van der Waals surface area contributed by atoms with Gasteiger partial charge in [0.15, 0.2) is 6.61 Å². The van der Waals surface area contributed by atoms with E-state index >= 15 is 0 Å². The van der Waals surface area contributed by atoms with Gasteiger partial charge in [0.05, 0.1) is 11.6 Å². The number of hydrogen-bond donors (Lipinski definition) is 0. The molecule has 3 aromatic rings. The Bertz CT molecular complexity index is 1010. The van der Waals surface area contributed by atoms with Crippen LogP contribution in [0.1, 0.15) is 12.3 Å². The molecule has 1 fully saturated rings. The molecule has 0 bridgehead atoms. The second kappa shape index (κ2) is 7.59. The smallest absolute Gasteiger partial charge is 0.311 e. The molecule has 0 spiro atoms. The average Bonchev–Trinajstić information content (AvgIpc) is 3.34. The fourth-order valence-corrected chi connectivity index (χ4v) is 3.03. The summed E-state index contributed by atoms with van der Waals surface area (Å²) in [5.74, 6) is -1.59. The molecule has 1 amide bonds. The SMILES string of the molecule is O=C(OCc1nnc(-c2ccccc2)o1)[C@H]1CC(=O)N(c2ccccc2F)C1. The van der Waals surface area contributed by atoms with Crippen LogP contribution in [0.4, 0.5) is 10.1 Å². The van der Waals surface area contributed by atoms with E-state index in [-0.39, 0.29) is 37.1 Å². The van der Waals surface area contributed by atoms with Crippen LogP contribution in [0.3, 0.4) is 0 Å². The lowest BCUT2D eigenvalue weighted by Crippen LogP contribution is -2.27. The molecular formula is C20H16FN3O4. The average molecular weight is 381 g/mol. The number of halogens is 1. The summed E-state index contributed by atoms with van der Waals surface area (Å²) >= 11 is 0. The van der Waals surface area contributed by atoms with Crippen molar-refractivity contribution in [2.24, 2.45) is 5.92 Å². The number of carbonyl (C=O) groups excluding carboxylic acids is 2. The fourth-order valence-electron chi connectivity index (χ4n) is 3.03. The summed E-state index contributed by atoms with van der Waals surface area (Å²) in [4.78, 5) is 25.8. The Morgan fingerprint density at radius 1 is 1.14 bits per heavy atom. The highest BCUT2D eigenvalue weighted by molar-refractivity contribution is 5.99. The lowest BCUT2D eigenvalue weighted by molar-refractivity contribution is -0.150. The molecule has 0 N–H and O–H groups in total. The minimum absolute atomic E-state index is 0.0355. The normalized spacial score (nSPS) is 16.4. The first-order chi connectivity index (χ1) is 13.6. The van der Waals surface area contributed by atoms with Crippen molar-refractivity contribution in [3.8, 4) is 11.5 Å². The van der Waals surface area contributed by atoms with Gasteiger partial charge in [-0.05, 0) is 24.3 Å². The molecule has 0 radical (unpaired) electrons. The molecule has 0 unspecified atom stereocenters. The predicted octanol–water partition coefficient (Wildman–Crippen LogP) is 2.97. The Morgan fingerprint density at radius 3 is 2.68 bits per heavy atom. The molecular weight excluding hydrogens is 365 g/mol. The Kier molecular flexibility index (Phi) is 4.84. The van der Waals surface area contributed by atoms with E-state index < -0.39 is 17.7 Å². The van der Waals surface area contributed by atoms with E-state index in [1.54, 1.807) is 12.1 Å². The van der Waals surface area contributed by atoms with Crippen LogP contribution in [-0.2, 0) is 20.9 Å². The number of nitrogens with zero attached hydrogens (tertiary/aromatic N) is 3. The highest BCUT2D eigenvalue weighted by atomic mass is 19.1. The summed E-state index contributed by atoms with van der Waals surface area (Å²) in [6.07, 6.45) is -0.0355. The lowest BCUT2D eigenvalue weighted by Gasteiger charge is -2.16. The zero-order chi connectivity index (χ0) is 19.5. The third-order valence-electron chi connectivity index (χ3n) is 4.43. The predicted molar refractivity (Wildman–Crippen MR) is 96.4 cm³/mol. The Balaban J connectivity index is 1.37. The summed E-state index contributed by atoms with van der Waals surface area (Å²) in [5.41, 5.74) is 0.918. The van der Waals surface area contributed by atoms with Crippen LogP contribution < -0.4 is 4.90 Å². The molecule has 7 nitrogen and oxygen atoms in total. The molecule has 1 aromatic heterocycles. The van der Waals surface area contributed by atoms with E-state index in [2.05, 4.69) is 10.2 Å². The Labute approximate surface area is 159 Å². The lowest BCUT2D eigenvalue weighted by atomic mass is 10.1. The van der Waals surface area contributed by atoms with E-state index in [0.29, 0.717) is 5.89 Å². The van der Waals surface area contributed by atoms with Crippen molar-refractivity contribution in [2.45, 2.75) is 13.0 Å². The van der Waals surface area contributed by atoms with Crippen LogP contribution in [0.5, 0.6) is 0 Å². The van der Waals surface area contributed by atoms with Gasteiger partial charge in [-0.25, -0.2) is 4.39 Å². The second-order valence-corrected chi connectivity index (χ2v) is 6.33. The maximum absolute atomic E-state index is 13.9. The molecule has 142 valence electrons. The number of aromatic nitrogens is 2. The first kappa shape index (κ1) is 17.8. The van der Waals surface area contributed by atoms with Gasteiger partial charge in [-0.3, -0.25) is 9.59 Å². The van der Waals surface area contributed by atoms with Crippen LogP contribution in [0.15, 0.2) is 59.0 Å². The van der Waals surface area contributed by atoms with E-state index in [4.69, 9.17) is 9.15 Å². The van der Waals surface area contributed by atoms with Crippen molar-refractivity contribution >= 4 is 17.6 Å². The zero-order valence-corrected chi connectivity index (χ0v) is 14.7. The van der Waals surface area contributed by atoms with Crippen molar-refractivity contribution in [3.63, 3.8) is 0 Å². The van der Waals surface area contributed by atoms with E-state index in [0.717, 1.165) is 5.56 Å². The fraction of sp³-hybridized carbons (Fsp3) is 0.200. The molecule has 2 heterocycles. The summed E-state index contributed by atoms with van der Waals surface area (Å²) < 4.78 is 24.6. The largest absolute Gasteiger partial charge is 0.455 e. The van der Waals surface area contributed by atoms with E-state index in [1.165, 1.54) is 17.0 Å². The minimum atomic E-state index is -0.677. The molecule has 1 atom stereocenters. The summed E-state index contributed by atoms with van der Waals surface area (Å²) in [6, 6.07) is 15.2. The van der Waals surface area contributed by atoms with Crippen LogP contribution in [0, 0.1) is 11.7 Å². The number of rotatable bonds is 5. The molecule has 8 heteroatoms. The van der Waals surface area contributed by atoms with Crippen LogP contribution in [0.2, 0.25) is 0 Å². The molecule has 1 aliphatic heterocycles. The van der Waals surface area contributed by atoms with Gasteiger partial charge in [0.25, 0.3) is 5.89 Å². The van der Waals surface area contributed by atoms with Crippen molar-refractivity contribution in [1.82, 2.24) is 10.2 Å². The number of ether oxygens (including phenoxy) is 1. The zero-order valence-electron chi connectivity index (χ0n) is 14.7. The minimum Gasteiger partial charge on any atom is -0.455 e. The maximum Gasteiger partial charge on any atom is 0.311 e. The molecule has 1 saturated heterocycles. The number of carbonyl (C=O) groups is 2. The summed E-state index contributed by atoms with van der Waals surface area (Å²) in [6.45, 7) is -0.124. The number of hydrogen-bond acceptors (Lipinski definition) is 6. The Morgan fingerprint density at radius 2 is 1.89 bits per heavy atom. The van der Waals surface area contributed by atoms with Gasteiger partial charge < -0.3 is 14.1 Å². The van der Waals surface area contributed by atoms with E-state index in [9.17, 15) is 14.0 Å². The van der Waals surface area contributed by atoms with Gasteiger partial charge in [0.1, 0.15) is 5.82 Å². The topological polar surface area (TPSA) is 85.5 Å². The van der Waals surface area contributed by atoms with Crippen LogP contribution in [-0.4, -0.2) is 28.6 Å². The highest BCUT2D eigenvalue weighted by Gasteiger charge is 2.37. The second-order valence-electron chi connectivity index (χ2n) is 6.33. The third-order valence-corrected chi connectivity index (χ3v) is 4.43. The number of para-hydroxylation sites is 1. The molecule has 4 rings (SSSR count). The van der Waals surface area contributed by atoms with Crippen LogP contribution >= 0.6 is 0 Å². The quantitative estimate of drug-likeness (QED) is 0.632. The van der Waals surface area contributed by atoms with Gasteiger partial charge in [0, 0.05) is 18.5 Å². The van der Waals surface area contributed by atoms with Crippen molar-refractivity contribution in [1.29, 1.82) is 0 Å². The van der Waals surface area contributed by atoms with Crippen molar-refractivity contribution in [3.05, 3.63) is 66.3 Å².